The van der Waals surface area contributed by atoms with E-state index >= 15 is 0 Å². The van der Waals surface area contributed by atoms with Crippen molar-refractivity contribution in [2.45, 2.75) is 25.5 Å². The summed E-state index contributed by atoms with van der Waals surface area (Å²) in [6.07, 6.45) is 1.75. The standard InChI is InChI=1S/C23H29Cl2N3O2/c1-27(16-19-7-8-21(24)22(25)15-19)12-10-20-17-28(13-14-30-20)23(29)26-11-9-18-5-3-2-4-6-18/h2-8,15,20H,9-14,16-17H2,1H3,(H,26,29). The average molecular weight is 450 g/mol. The zero-order valence-corrected chi connectivity index (χ0v) is 18.8. The number of rotatable bonds is 8. The fourth-order valence-electron chi connectivity index (χ4n) is 3.54. The van der Waals surface area contributed by atoms with Gasteiger partial charge in [-0.15, -0.1) is 0 Å². The summed E-state index contributed by atoms with van der Waals surface area (Å²) in [5.74, 6) is 0. The molecule has 1 heterocycles. The predicted molar refractivity (Wildman–Crippen MR) is 122 cm³/mol. The van der Waals surface area contributed by atoms with Crippen LogP contribution in [0.3, 0.4) is 0 Å². The molecule has 2 amide bonds. The lowest BCUT2D eigenvalue weighted by Gasteiger charge is -2.33. The first-order valence-corrected chi connectivity index (χ1v) is 11.1. The first-order chi connectivity index (χ1) is 14.5. The summed E-state index contributed by atoms with van der Waals surface area (Å²) in [6.45, 7) is 4.12. The number of morpholine rings is 1. The summed E-state index contributed by atoms with van der Waals surface area (Å²) < 4.78 is 5.88. The number of ether oxygens (including phenoxy) is 1. The van der Waals surface area contributed by atoms with E-state index in [2.05, 4.69) is 29.4 Å². The van der Waals surface area contributed by atoms with Gasteiger partial charge in [0.2, 0.25) is 0 Å². The van der Waals surface area contributed by atoms with Gasteiger partial charge < -0.3 is 19.9 Å². The second-order valence-electron chi connectivity index (χ2n) is 7.68. The highest BCUT2D eigenvalue weighted by Crippen LogP contribution is 2.23. The van der Waals surface area contributed by atoms with Crippen LogP contribution < -0.4 is 5.32 Å². The van der Waals surface area contributed by atoms with Crippen molar-refractivity contribution in [2.75, 3.05) is 39.8 Å². The van der Waals surface area contributed by atoms with Crippen molar-refractivity contribution in [3.63, 3.8) is 0 Å². The average Bonchev–Trinajstić information content (AvgIpc) is 2.76. The number of halogens is 2. The Morgan fingerprint density at radius 1 is 1.17 bits per heavy atom. The molecule has 1 fully saturated rings. The maximum Gasteiger partial charge on any atom is 0.317 e. The maximum absolute atomic E-state index is 12.5. The quantitative estimate of drug-likeness (QED) is 0.646. The van der Waals surface area contributed by atoms with E-state index < -0.39 is 0 Å². The highest BCUT2D eigenvalue weighted by molar-refractivity contribution is 6.42. The van der Waals surface area contributed by atoms with Crippen LogP contribution in [0.1, 0.15) is 17.5 Å². The molecule has 1 atom stereocenters. The van der Waals surface area contributed by atoms with Gasteiger partial charge in [0.25, 0.3) is 0 Å². The lowest BCUT2D eigenvalue weighted by molar-refractivity contribution is -0.0213. The fourth-order valence-corrected chi connectivity index (χ4v) is 3.86. The van der Waals surface area contributed by atoms with E-state index in [1.54, 1.807) is 0 Å². The van der Waals surface area contributed by atoms with Gasteiger partial charge in [-0.1, -0.05) is 59.6 Å². The Labute approximate surface area is 188 Å². The number of urea groups is 1. The van der Waals surface area contributed by atoms with Crippen LogP contribution in [0.5, 0.6) is 0 Å². The molecule has 162 valence electrons. The highest BCUT2D eigenvalue weighted by atomic mass is 35.5. The summed E-state index contributed by atoms with van der Waals surface area (Å²) in [5, 5.41) is 4.17. The molecule has 0 spiro atoms. The zero-order chi connectivity index (χ0) is 21.3. The molecule has 2 aromatic carbocycles. The Balaban J connectivity index is 1.38. The molecule has 3 rings (SSSR count). The molecular formula is C23H29Cl2N3O2. The van der Waals surface area contributed by atoms with Gasteiger partial charge in [-0.05, 0) is 43.1 Å². The largest absolute Gasteiger partial charge is 0.374 e. The number of amides is 2. The molecular weight excluding hydrogens is 421 g/mol. The Morgan fingerprint density at radius 2 is 1.97 bits per heavy atom. The normalized spacial score (nSPS) is 16.7. The molecule has 1 saturated heterocycles. The predicted octanol–water partition coefficient (Wildman–Crippen LogP) is 4.47. The lowest BCUT2D eigenvalue weighted by Crippen LogP contribution is -2.50. The fraction of sp³-hybridized carbons (Fsp3) is 0.435. The summed E-state index contributed by atoms with van der Waals surface area (Å²) >= 11 is 12.1. The van der Waals surface area contributed by atoms with Gasteiger partial charge in [0.1, 0.15) is 0 Å². The molecule has 7 heteroatoms. The molecule has 1 aliphatic rings. The third-order valence-electron chi connectivity index (χ3n) is 5.23. The molecule has 0 bridgehead atoms. The molecule has 0 aliphatic carbocycles. The summed E-state index contributed by atoms with van der Waals surface area (Å²) in [5.41, 5.74) is 2.35. The Bertz CT molecular complexity index is 819. The molecule has 1 aliphatic heterocycles. The number of benzene rings is 2. The van der Waals surface area contributed by atoms with E-state index in [-0.39, 0.29) is 12.1 Å². The van der Waals surface area contributed by atoms with Crippen LogP contribution in [0.2, 0.25) is 10.0 Å². The molecule has 5 nitrogen and oxygen atoms in total. The summed E-state index contributed by atoms with van der Waals surface area (Å²) in [4.78, 5) is 16.6. The minimum Gasteiger partial charge on any atom is -0.374 e. The molecule has 0 radical (unpaired) electrons. The Kier molecular flexibility index (Phi) is 8.82. The second kappa shape index (κ2) is 11.6. The van der Waals surface area contributed by atoms with Crippen molar-refractivity contribution < 1.29 is 9.53 Å². The number of hydrogen-bond acceptors (Lipinski definition) is 3. The topological polar surface area (TPSA) is 44.8 Å². The highest BCUT2D eigenvalue weighted by Gasteiger charge is 2.24. The zero-order valence-electron chi connectivity index (χ0n) is 17.3. The van der Waals surface area contributed by atoms with Gasteiger partial charge in [-0.2, -0.15) is 0 Å². The van der Waals surface area contributed by atoms with Crippen LogP contribution >= 0.6 is 23.2 Å². The minimum absolute atomic E-state index is 0.0107. The number of nitrogens with zero attached hydrogens (tertiary/aromatic N) is 2. The minimum atomic E-state index is -0.0107. The van der Waals surface area contributed by atoms with E-state index in [0.717, 1.165) is 31.5 Å². The molecule has 1 unspecified atom stereocenters. The van der Waals surface area contributed by atoms with E-state index in [1.165, 1.54) is 5.56 Å². The van der Waals surface area contributed by atoms with E-state index in [4.69, 9.17) is 27.9 Å². The van der Waals surface area contributed by atoms with Gasteiger partial charge in [0.05, 0.1) is 22.8 Å². The van der Waals surface area contributed by atoms with Crippen LogP contribution in [-0.2, 0) is 17.7 Å². The summed E-state index contributed by atoms with van der Waals surface area (Å²) in [6, 6.07) is 15.9. The van der Waals surface area contributed by atoms with Crippen molar-refractivity contribution >= 4 is 29.2 Å². The second-order valence-corrected chi connectivity index (χ2v) is 8.50. The van der Waals surface area contributed by atoms with Crippen molar-refractivity contribution in [1.82, 2.24) is 15.1 Å². The third-order valence-corrected chi connectivity index (χ3v) is 5.97. The Morgan fingerprint density at radius 3 is 2.73 bits per heavy atom. The number of nitrogens with one attached hydrogen (secondary N) is 1. The van der Waals surface area contributed by atoms with Gasteiger partial charge in [0.15, 0.2) is 0 Å². The Hall–Kier alpha value is -1.79. The van der Waals surface area contributed by atoms with Gasteiger partial charge >= 0.3 is 6.03 Å². The molecule has 30 heavy (non-hydrogen) atoms. The van der Waals surface area contributed by atoms with Crippen LogP contribution in [0.4, 0.5) is 4.79 Å². The monoisotopic (exact) mass is 449 g/mol. The summed E-state index contributed by atoms with van der Waals surface area (Å²) in [7, 11) is 2.07. The van der Waals surface area contributed by atoms with Crippen molar-refractivity contribution in [2.24, 2.45) is 0 Å². The van der Waals surface area contributed by atoms with Gasteiger partial charge in [-0.25, -0.2) is 4.79 Å². The number of carbonyl (C=O) groups excluding carboxylic acids is 1. The first-order valence-electron chi connectivity index (χ1n) is 10.3. The van der Waals surface area contributed by atoms with E-state index in [1.807, 2.05) is 41.3 Å². The third kappa shape index (κ3) is 7.17. The van der Waals surface area contributed by atoms with Crippen molar-refractivity contribution in [1.29, 1.82) is 0 Å². The molecule has 0 aromatic heterocycles. The molecule has 0 saturated carbocycles. The van der Waals surface area contributed by atoms with Gasteiger partial charge in [0, 0.05) is 32.7 Å². The van der Waals surface area contributed by atoms with Crippen molar-refractivity contribution in [3.8, 4) is 0 Å². The van der Waals surface area contributed by atoms with Crippen LogP contribution in [0.15, 0.2) is 48.5 Å². The SMILES string of the molecule is CN(CCC1CN(C(=O)NCCc2ccccc2)CCO1)Cc1ccc(Cl)c(Cl)c1. The van der Waals surface area contributed by atoms with Gasteiger partial charge in [-0.3, -0.25) is 0 Å². The molecule has 1 N–H and O–H groups in total. The first kappa shape index (κ1) is 22.9. The number of hydrogen-bond donors (Lipinski definition) is 1. The van der Waals surface area contributed by atoms with Crippen LogP contribution in [0, 0.1) is 0 Å². The van der Waals surface area contributed by atoms with Crippen molar-refractivity contribution in [3.05, 3.63) is 69.7 Å². The van der Waals surface area contributed by atoms with Crippen LogP contribution in [0.25, 0.3) is 0 Å². The smallest absolute Gasteiger partial charge is 0.317 e. The lowest BCUT2D eigenvalue weighted by atomic mass is 10.1. The van der Waals surface area contributed by atoms with E-state index in [9.17, 15) is 4.79 Å². The number of carbonyl (C=O) groups is 1. The molecule has 2 aromatic rings. The van der Waals surface area contributed by atoms with E-state index in [0.29, 0.717) is 36.3 Å². The van der Waals surface area contributed by atoms with Crippen LogP contribution in [-0.4, -0.2) is 61.8 Å². The maximum atomic E-state index is 12.5.